The minimum absolute atomic E-state index is 0.000949. The Labute approximate surface area is 210 Å². The van der Waals surface area contributed by atoms with Crippen LogP contribution in [0.4, 0.5) is 0 Å². The van der Waals surface area contributed by atoms with Crippen LogP contribution in [0.1, 0.15) is 69.6 Å². The summed E-state index contributed by atoms with van der Waals surface area (Å²) in [6.45, 7) is 9.49. The zero-order valence-electron chi connectivity index (χ0n) is 21.8. The van der Waals surface area contributed by atoms with E-state index in [2.05, 4.69) is 55.2 Å². The lowest BCUT2D eigenvalue weighted by Crippen LogP contribution is -2.46. The number of fused-ring (bicyclic) bond motifs is 1. The van der Waals surface area contributed by atoms with Gasteiger partial charge in [-0.05, 0) is 50.8 Å². The van der Waals surface area contributed by atoms with Crippen molar-refractivity contribution in [2.75, 3.05) is 13.1 Å². The molecule has 0 atom stereocenters. The molecular weight excluding hydrogens is 434 g/mol. The van der Waals surface area contributed by atoms with Crippen molar-refractivity contribution in [1.29, 1.82) is 0 Å². The van der Waals surface area contributed by atoms with Crippen molar-refractivity contribution in [2.45, 2.75) is 78.8 Å². The first-order chi connectivity index (χ1) is 16.9. The maximum Gasteiger partial charge on any atom is 0.242 e. The van der Waals surface area contributed by atoms with Gasteiger partial charge in [0.15, 0.2) is 0 Å². The second-order valence-corrected chi connectivity index (χ2v) is 9.84. The zero-order chi connectivity index (χ0) is 25.2. The Morgan fingerprint density at radius 1 is 0.943 bits per heavy atom. The zero-order valence-corrected chi connectivity index (χ0v) is 21.8. The van der Waals surface area contributed by atoms with Crippen LogP contribution in [0.25, 0.3) is 10.9 Å². The van der Waals surface area contributed by atoms with Gasteiger partial charge in [0.2, 0.25) is 11.8 Å². The van der Waals surface area contributed by atoms with Crippen LogP contribution in [0, 0.1) is 6.92 Å². The number of nitrogens with one attached hydrogen (secondary N) is 1. The number of hydrogen-bond donors (Lipinski definition) is 1. The van der Waals surface area contributed by atoms with Gasteiger partial charge in [-0.15, -0.1) is 0 Å². The fraction of sp³-hybridized carbons (Fsp3) is 0.467. The number of aryl methyl sites for hydroxylation is 1. The summed E-state index contributed by atoms with van der Waals surface area (Å²) in [6.07, 6.45) is 7.55. The van der Waals surface area contributed by atoms with Gasteiger partial charge in [-0.1, -0.05) is 74.2 Å². The van der Waals surface area contributed by atoms with Crippen LogP contribution in [0.15, 0.2) is 54.7 Å². The lowest BCUT2D eigenvalue weighted by molar-refractivity contribution is -0.142. The minimum atomic E-state index is -0.00697. The van der Waals surface area contributed by atoms with E-state index < -0.39 is 0 Å². The molecule has 2 amide bonds. The third-order valence-electron chi connectivity index (χ3n) is 6.67. The fourth-order valence-corrected chi connectivity index (χ4v) is 4.45. The Kier molecular flexibility index (Phi) is 9.95. The van der Waals surface area contributed by atoms with E-state index in [1.54, 1.807) is 4.90 Å². The minimum Gasteiger partial charge on any atom is -0.361 e. The second-order valence-electron chi connectivity index (χ2n) is 9.84. The molecule has 0 aliphatic rings. The molecule has 5 nitrogen and oxygen atoms in total. The Balaban J connectivity index is 1.72. The van der Waals surface area contributed by atoms with Crippen molar-refractivity contribution in [3.63, 3.8) is 0 Å². The largest absolute Gasteiger partial charge is 0.361 e. The van der Waals surface area contributed by atoms with Gasteiger partial charge in [-0.3, -0.25) is 9.59 Å². The van der Waals surface area contributed by atoms with Crippen LogP contribution in [-0.4, -0.2) is 45.7 Å². The number of nitrogens with zero attached hydrogens (tertiary/aromatic N) is 2. The normalized spacial score (nSPS) is 11.2. The number of unbranched alkanes of at least 4 members (excludes halogenated alkanes) is 3. The first-order valence-corrected chi connectivity index (χ1v) is 13.1. The Hall–Kier alpha value is -3.08. The summed E-state index contributed by atoms with van der Waals surface area (Å²) >= 11 is 0. The van der Waals surface area contributed by atoms with E-state index in [9.17, 15) is 9.59 Å². The standard InChI is InChI=1S/C30H41N3O2/c1-5-6-7-8-13-29(34)33(23(2)3)22-30(35)32(21-25-16-14-24(4)15-17-25)19-18-26-20-31-28-12-10-9-11-27(26)28/h9-12,14-17,20,23,31H,5-8,13,18-19,21-22H2,1-4H3. The van der Waals surface area contributed by atoms with Crippen LogP contribution in [-0.2, 0) is 22.6 Å². The molecule has 0 saturated carbocycles. The lowest BCUT2D eigenvalue weighted by Gasteiger charge is -2.30. The molecule has 5 heteroatoms. The van der Waals surface area contributed by atoms with Crippen molar-refractivity contribution in [1.82, 2.24) is 14.8 Å². The van der Waals surface area contributed by atoms with Crippen molar-refractivity contribution >= 4 is 22.7 Å². The van der Waals surface area contributed by atoms with Gasteiger partial charge in [-0.25, -0.2) is 0 Å². The number of hydrogen-bond acceptors (Lipinski definition) is 2. The number of rotatable bonds is 13. The predicted molar refractivity (Wildman–Crippen MR) is 144 cm³/mol. The number of benzene rings is 2. The molecule has 1 aromatic heterocycles. The number of H-pyrrole nitrogens is 1. The third kappa shape index (κ3) is 7.71. The molecule has 0 aliphatic heterocycles. The molecule has 0 spiro atoms. The first kappa shape index (κ1) is 26.5. The highest BCUT2D eigenvalue weighted by Gasteiger charge is 2.23. The van der Waals surface area contributed by atoms with Gasteiger partial charge in [-0.2, -0.15) is 0 Å². The smallest absolute Gasteiger partial charge is 0.242 e. The van der Waals surface area contributed by atoms with Crippen LogP contribution >= 0.6 is 0 Å². The summed E-state index contributed by atoms with van der Waals surface area (Å²) < 4.78 is 0. The highest BCUT2D eigenvalue weighted by Crippen LogP contribution is 2.19. The van der Waals surface area contributed by atoms with Gasteiger partial charge < -0.3 is 14.8 Å². The van der Waals surface area contributed by atoms with E-state index in [-0.39, 0.29) is 24.4 Å². The topological polar surface area (TPSA) is 56.4 Å². The van der Waals surface area contributed by atoms with Crippen LogP contribution in [0.3, 0.4) is 0 Å². The maximum atomic E-state index is 13.6. The summed E-state index contributed by atoms with van der Waals surface area (Å²) in [6, 6.07) is 16.6. The first-order valence-electron chi connectivity index (χ1n) is 13.1. The van der Waals surface area contributed by atoms with Crippen LogP contribution < -0.4 is 0 Å². The van der Waals surface area contributed by atoms with Crippen molar-refractivity contribution in [2.24, 2.45) is 0 Å². The Morgan fingerprint density at radius 2 is 1.69 bits per heavy atom. The highest BCUT2D eigenvalue weighted by atomic mass is 16.2. The third-order valence-corrected chi connectivity index (χ3v) is 6.67. The SMILES string of the molecule is CCCCCCC(=O)N(CC(=O)N(CCc1c[nH]c2ccccc12)Cc1ccc(C)cc1)C(C)C. The molecule has 0 unspecified atom stereocenters. The Morgan fingerprint density at radius 3 is 2.40 bits per heavy atom. The molecule has 0 saturated heterocycles. The number of amides is 2. The summed E-state index contributed by atoms with van der Waals surface area (Å²) in [5.41, 5.74) is 4.61. The maximum absolute atomic E-state index is 13.6. The monoisotopic (exact) mass is 475 g/mol. The van der Waals surface area contributed by atoms with E-state index in [0.29, 0.717) is 19.5 Å². The summed E-state index contributed by atoms with van der Waals surface area (Å²) in [5.74, 6) is 0.0809. The number of aromatic nitrogens is 1. The quantitative estimate of drug-likeness (QED) is 0.297. The van der Waals surface area contributed by atoms with E-state index in [0.717, 1.165) is 43.2 Å². The van der Waals surface area contributed by atoms with Crippen molar-refractivity contribution in [3.8, 4) is 0 Å². The number of aromatic amines is 1. The average Bonchev–Trinajstić information content (AvgIpc) is 3.26. The van der Waals surface area contributed by atoms with Crippen molar-refractivity contribution in [3.05, 3.63) is 71.4 Å². The molecule has 188 valence electrons. The molecule has 1 heterocycles. The van der Waals surface area contributed by atoms with E-state index in [4.69, 9.17) is 0 Å². The number of para-hydroxylation sites is 1. The lowest BCUT2D eigenvalue weighted by atomic mass is 10.1. The molecule has 0 fully saturated rings. The summed E-state index contributed by atoms with van der Waals surface area (Å²) in [5, 5.41) is 1.20. The molecule has 3 aromatic rings. The molecule has 0 bridgehead atoms. The number of carbonyl (C=O) groups is 2. The van der Waals surface area contributed by atoms with E-state index >= 15 is 0 Å². The van der Waals surface area contributed by atoms with E-state index in [1.807, 2.05) is 37.1 Å². The summed E-state index contributed by atoms with van der Waals surface area (Å²) in [4.78, 5) is 33.5. The van der Waals surface area contributed by atoms with Crippen LogP contribution in [0.2, 0.25) is 0 Å². The average molecular weight is 476 g/mol. The predicted octanol–water partition coefficient (Wildman–Crippen LogP) is 6.26. The number of carbonyl (C=O) groups excluding carboxylic acids is 2. The van der Waals surface area contributed by atoms with Gasteiger partial charge in [0.1, 0.15) is 0 Å². The molecule has 0 radical (unpaired) electrons. The molecular formula is C30H41N3O2. The van der Waals surface area contributed by atoms with Gasteiger partial charge >= 0.3 is 0 Å². The van der Waals surface area contributed by atoms with Crippen molar-refractivity contribution < 1.29 is 9.59 Å². The highest BCUT2D eigenvalue weighted by molar-refractivity contribution is 5.85. The van der Waals surface area contributed by atoms with Gasteiger partial charge in [0.05, 0.1) is 6.54 Å². The summed E-state index contributed by atoms with van der Waals surface area (Å²) in [7, 11) is 0. The molecule has 2 aromatic carbocycles. The van der Waals surface area contributed by atoms with Gasteiger partial charge in [0, 0.05) is 42.7 Å². The van der Waals surface area contributed by atoms with Crippen LogP contribution in [0.5, 0.6) is 0 Å². The molecule has 3 rings (SSSR count). The molecule has 35 heavy (non-hydrogen) atoms. The second kappa shape index (κ2) is 13.1. The molecule has 0 aliphatic carbocycles. The fourth-order valence-electron chi connectivity index (χ4n) is 4.45. The van der Waals surface area contributed by atoms with E-state index in [1.165, 1.54) is 16.5 Å². The van der Waals surface area contributed by atoms with Gasteiger partial charge in [0.25, 0.3) is 0 Å². The Bertz CT molecular complexity index is 1080. The molecule has 1 N–H and O–H groups in total.